The van der Waals surface area contributed by atoms with Crippen LogP contribution in [0.15, 0.2) is 27.2 Å². The number of hydrogen-bond donors (Lipinski definition) is 2. The van der Waals surface area contributed by atoms with Gasteiger partial charge in [-0.3, -0.25) is 4.79 Å². The Kier molecular flexibility index (Phi) is 6.06. The van der Waals surface area contributed by atoms with Gasteiger partial charge in [0.2, 0.25) is 11.0 Å². The first-order valence-corrected chi connectivity index (χ1v) is 8.43. The van der Waals surface area contributed by atoms with Crippen LogP contribution in [0.5, 0.6) is 0 Å². The molecule has 0 saturated heterocycles. The maximum absolute atomic E-state index is 11.7. The van der Waals surface area contributed by atoms with E-state index in [1.807, 2.05) is 6.07 Å². The molecule has 0 radical (unpaired) electrons. The number of anilines is 1. The number of aromatic nitrogens is 2. The van der Waals surface area contributed by atoms with Crippen molar-refractivity contribution in [3.63, 3.8) is 0 Å². The zero-order valence-corrected chi connectivity index (χ0v) is 13.6. The van der Waals surface area contributed by atoms with Crippen LogP contribution in [-0.2, 0) is 11.3 Å². The lowest BCUT2D eigenvalue weighted by Crippen LogP contribution is -2.24. The van der Waals surface area contributed by atoms with Crippen molar-refractivity contribution in [1.82, 2.24) is 15.5 Å². The van der Waals surface area contributed by atoms with Crippen LogP contribution in [0.2, 0.25) is 0 Å². The highest BCUT2D eigenvalue weighted by Crippen LogP contribution is 2.25. The molecule has 1 amide bonds. The van der Waals surface area contributed by atoms with Crippen LogP contribution in [0.1, 0.15) is 19.6 Å². The van der Waals surface area contributed by atoms with Gasteiger partial charge in [0, 0.05) is 6.54 Å². The SMILES string of the molecule is CC(C)CNc1nnc(SCC(=O)NCc2ccco2)s1. The highest BCUT2D eigenvalue weighted by molar-refractivity contribution is 8.01. The van der Waals surface area contributed by atoms with Crippen LogP contribution >= 0.6 is 23.1 Å². The van der Waals surface area contributed by atoms with Gasteiger partial charge in [0.25, 0.3) is 0 Å². The number of hydrogen-bond acceptors (Lipinski definition) is 7. The second kappa shape index (κ2) is 8.04. The molecule has 2 rings (SSSR count). The van der Waals surface area contributed by atoms with E-state index in [2.05, 4.69) is 34.7 Å². The lowest BCUT2D eigenvalue weighted by Gasteiger charge is -2.03. The van der Waals surface area contributed by atoms with Gasteiger partial charge in [-0.1, -0.05) is 36.9 Å². The first kappa shape index (κ1) is 15.8. The Hall–Kier alpha value is -1.54. The monoisotopic (exact) mass is 326 g/mol. The highest BCUT2D eigenvalue weighted by Gasteiger charge is 2.08. The zero-order chi connectivity index (χ0) is 15.1. The molecular weight excluding hydrogens is 308 g/mol. The molecule has 0 saturated carbocycles. The van der Waals surface area contributed by atoms with Crippen molar-refractivity contribution < 1.29 is 9.21 Å². The third-order valence-electron chi connectivity index (χ3n) is 2.43. The van der Waals surface area contributed by atoms with Crippen molar-refractivity contribution in [2.24, 2.45) is 5.92 Å². The summed E-state index contributed by atoms with van der Waals surface area (Å²) in [7, 11) is 0. The van der Waals surface area contributed by atoms with E-state index in [1.165, 1.54) is 23.1 Å². The minimum absolute atomic E-state index is 0.0525. The van der Waals surface area contributed by atoms with Crippen molar-refractivity contribution in [2.45, 2.75) is 24.7 Å². The van der Waals surface area contributed by atoms with E-state index in [1.54, 1.807) is 12.3 Å². The van der Waals surface area contributed by atoms with Crippen molar-refractivity contribution in [2.75, 3.05) is 17.6 Å². The van der Waals surface area contributed by atoms with E-state index in [0.717, 1.165) is 21.8 Å². The molecule has 2 aromatic heterocycles. The Morgan fingerprint density at radius 1 is 1.48 bits per heavy atom. The van der Waals surface area contributed by atoms with Gasteiger partial charge < -0.3 is 15.1 Å². The Labute approximate surface area is 131 Å². The quantitative estimate of drug-likeness (QED) is 0.726. The molecule has 0 aliphatic heterocycles. The second-order valence-electron chi connectivity index (χ2n) is 4.79. The van der Waals surface area contributed by atoms with E-state index in [4.69, 9.17) is 4.42 Å². The van der Waals surface area contributed by atoms with E-state index >= 15 is 0 Å². The van der Waals surface area contributed by atoms with Gasteiger partial charge in [-0.05, 0) is 18.1 Å². The Bertz CT molecular complexity index is 554. The fraction of sp³-hybridized carbons (Fsp3) is 0.462. The summed E-state index contributed by atoms with van der Waals surface area (Å²) < 4.78 is 5.93. The fourth-order valence-corrected chi connectivity index (χ4v) is 3.00. The summed E-state index contributed by atoms with van der Waals surface area (Å²) >= 11 is 2.85. The molecule has 21 heavy (non-hydrogen) atoms. The van der Waals surface area contributed by atoms with Gasteiger partial charge in [0.15, 0.2) is 4.34 Å². The van der Waals surface area contributed by atoms with Crippen molar-refractivity contribution in [3.05, 3.63) is 24.2 Å². The van der Waals surface area contributed by atoms with E-state index in [-0.39, 0.29) is 5.91 Å². The van der Waals surface area contributed by atoms with Crippen LogP contribution in [0, 0.1) is 5.92 Å². The summed E-state index contributed by atoms with van der Waals surface area (Å²) in [6, 6.07) is 3.62. The number of thioether (sulfide) groups is 1. The normalized spacial score (nSPS) is 10.8. The van der Waals surface area contributed by atoms with Gasteiger partial charge in [0.05, 0.1) is 18.6 Å². The summed E-state index contributed by atoms with van der Waals surface area (Å²) in [5.41, 5.74) is 0. The maximum Gasteiger partial charge on any atom is 0.230 e. The molecule has 0 fully saturated rings. The number of furan rings is 1. The first-order chi connectivity index (χ1) is 10.1. The molecule has 0 aliphatic rings. The number of nitrogens with zero attached hydrogens (tertiary/aromatic N) is 2. The van der Waals surface area contributed by atoms with Crippen molar-refractivity contribution in [1.29, 1.82) is 0 Å². The molecule has 8 heteroatoms. The van der Waals surface area contributed by atoms with Gasteiger partial charge >= 0.3 is 0 Å². The largest absolute Gasteiger partial charge is 0.467 e. The average Bonchev–Trinajstić information content (AvgIpc) is 3.12. The van der Waals surface area contributed by atoms with E-state index in [0.29, 0.717) is 18.2 Å². The molecule has 114 valence electrons. The van der Waals surface area contributed by atoms with Gasteiger partial charge in [-0.15, -0.1) is 10.2 Å². The van der Waals surface area contributed by atoms with Crippen LogP contribution < -0.4 is 10.6 Å². The summed E-state index contributed by atoms with van der Waals surface area (Å²) in [4.78, 5) is 11.7. The molecule has 0 aromatic carbocycles. The maximum atomic E-state index is 11.7. The summed E-state index contributed by atoms with van der Waals surface area (Å²) in [6.45, 7) is 5.53. The van der Waals surface area contributed by atoms with Crippen LogP contribution in [-0.4, -0.2) is 28.4 Å². The molecule has 0 bridgehead atoms. The molecular formula is C13H18N4O2S2. The molecule has 2 aromatic rings. The Morgan fingerprint density at radius 2 is 2.33 bits per heavy atom. The summed E-state index contributed by atoms with van der Waals surface area (Å²) in [6.07, 6.45) is 1.59. The average molecular weight is 326 g/mol. The van der Waals surface area contributed by atoms with E-state index in [9.17, 15) is 4.79 Å². The minimum atomic E-state index is -0.0525. The fourth-order valence-electron chi connectivity index (χ4n) is 1.41. The third-order valence-corrected chi connectivity index (χ3v) is 4.45. The minimum Gasteiger partial charge on any atom is -0.467 e. The Morgan fingerprint density at radius 3 is 3.05 bits per heavy atom. The molecule has 2 N–H and O–H groups in total. The third kappa shape index (κ3) is 5.76. The molecule has 6 nitrogen and oxygen atoms in total. The number of carbonyl (C=O) groups excluding carboxylic acids is 1. The number of amides is 1. The predicted molar refractivity (Wildman–Crippen MR) is 84.5 cm³/mol. The lowest BCUT2D eigenvalue weighted by atomic mass is 10.2. The Balaban J connectivity index is 1.68. The number of nitrogens with one attached hydrogen (secondary N) is 2. The molecule has 0 spiro atoms. The standard InChI is InChI=1S/C13H18N4O2S2/c1-9(2)6-15-12-16-17-13(21-12)20-8-11(18)14-7-10-4-3-5-19-10/h3-5,9H,6-8H2,1-2H3,(H,14,18)(H,15,16). The highest BCUT2D eigenvalue weighted by atomic mass is 32.2. The topological polar surface area (TPSA) is 80.0 Å². The summed E-state index contributed by atoms with van der Waals surface area (Å²) in [5, 5.41) is 14.9. The van der Waals surface area contributed by atoms with Gasteiger partial charge in [-0.25, -0.2) is 0 Å². The molecule has 0 atom stereocenters. The van der Waals surface area contributed by atoms with Crippen molar-refractivity contribution >= 4 is 34.1 Å². The number of carbonyl (C=O) groups is 1. The summed E-state index contributed by atoms with van der Waals surface area (Å²) in [5.74, 6) is 1.56. The van der Waals surface area contributed by atoms with Gasteiger partial charge in [-0.2, -0.15) is 0 Å². The smallest absolute Gasteiger partial charge is 0.230 e. The molecule has 0 aliphatic carbocycles. The number of rotatable bonds is 8. The van der Waals surface area contributed by atoms with E-state index < -0.39 is 0 Å². The lowest BCUT2D eigenvalue weighted by molar-refractivity contribution is -0.118. The van der Waals surface area contributed by atoms with Crippen molar-refractivity contribution in [3.8, 4) is 0 Å². The van der Waals surface area contributed by atoms with Crippen LogP contribution in [0.3, 0.4) is 0 Å². The molecule has 0 unspecified atom stereocenters. The first-order valence-electron chi connectivity index (χ1n) is 6.62. The van der Waals surface area contributed by atoms with Crippen LogP contribution in [0.25, 0.3) is 0 Å². The van der Waals surface area contributed by atoms with Gasteiger partial charge in [0.1, 0.15) is 5.76 Å². The zero-order valence-electron chi connectivity index (χ0n) is 12.0. The van der Waals surface area contributed by atoms with Crippen LogP contribution in [0.4, 0.5) is 5.13 Å². The predicted octanol–water partition coefficient (Wildman–Crippen LogP) is 2.61. The second-order valence-corrected chi connectivity index (χ2v) is 6.99. The molecule has 2 heterocycles.